The summed E-state index contributed by atoms with van der Waals surface area (Å²) in [5.41, 5.74) is 8.38. The molecule has 0 bridgehead atoms. The summed E-state index contributed by atoms with van der Waals surface area (Å²) in [5.74, 6) is 0.817. The zero-order chi connectivity index (χ0) is 26.4. The molecule has 1 aliphatic rings. The highest BCUT2D eigenvalue weighted by molar-refractivity contribution is 5.99. The molecule has 1 saturated heterocycles. The monoisotopic (exact) mass is 510 g/mol. The lowest BCUT2D eigenvalue weighted by atomic mass is 10.1. The fourth-order valence-corrected chi connectivity index (χ4v) is 4.91. The maximum Gasteiger partial charge on any atom is 0.261 e. The van der Waals surface area contributed by atoms with Crippen molar-refractivity contribution in [2.24, 2.45) is 0 Å². The van der Waals surface area contributed by atoms with Crippen LogP contribution in [0.4, 0.5) is 15.8 Å². The Morgan fingerprint density at radius 2 is 1.89 bits per heavy atom. The van der Waals surface area contributed by atoms with E-state index in [1.165, 1.54) is 20.3 Å². The van der Waals surface area contributed by atoms with Crippen LogP contribution in [-0.4, -0.2) is 80.0 Å². The molecule has 10 nitrogen and oxygen atoms in total. The second kappa shape index (κ2) is 9.56. The topological polar surface area (TPSA) is 122 Å². The van der Waals surface area contributed by atoms with Gasteiger partial charge >= 0.3 is 0 Å². The van der Waals surface area contributed by atoms with Crippen LogP contribution in [-0.2, 0) is 4.74 Å². The Morgan fingerprint density at radius 1 is 1.16 bits per heavy atom. The molecule has 1 fully saturated rings. The fourth-order valence-electron chi connectivity index (χ4n) is 4.91. The minimum absolute atomic E-state index is 0.00489. The van der Waals surface area contributed by atoms with Crippen LogP contribution in [0.1, 0.15) is 6.92 Å². The van der Waals surface area contributed by atoms with E-state index in [2.05, 4.69) is 19.9 Å². The molecular weight excluding hydrogens is 479 g/mol. The first-order valence-corrected chi connectivity index (χ1v) is 12.0. The van der Waals surface area contributed by atoms with Gasteiger partial charge in [0.2, 0.25) is 0 Å². The lowest BCUT2D eigenvalue weighted by Crippen LogP contribution is -2.51. The van der Waals surface area contributed by atoms with Crippen LogP contribution in [0.3, 0.4) is 0 Å². The molecule has 0 aliphatic carbocycles. The fraction of sp³-hybridized carbons (Fsp3) is 0.385. The molecule has 1 aliphatic heterocycles. The Hall–Kier alpha value is -3.83. The standard InChI is InChI=1S/C26H31FN6O4/c1-13-12-37-14(10-32(2)3)11-33(13)20-8-19-18(7-16(20)27)29-25(30-19)23-24(28)15-6-21(35-4)22(36-5)9-17(15)31-26(23)34/h6-9,13-14H,10-12H2,1-5H3,(H,29,30)(H3,28,31,34)/t13-,14+/m0/s1. The second-order valence-corrected chi connectivity index (χ2v) is 9.62. The maximum absolute atomic E-state index is 15.3. The molecule has 0 amide bonds. The van der Waals surface area contributed by atoms with Crippen LogP contribution in [0.25, 0.3) is 33.3 Å². The van der Waals surface area contributed by atoms with Crippen LogP contribution in [0.5, 0.6) is 11.5 Å². The van der Waals surface area contributed by atoms with E-state index < -0.39 is 5.56 Å². The summed E-state index contributed by atoms with van der Waals surface area (Å²) in [6.07, 6.45) is -0.0392. The highest BCUT2D eigenvalue weighted by atomic mass is 19.1. The van der Waals surface area contributed by atoms with Crippen LogP contribution in [0.15, 0.2) is 29.1 Å². The largest absolute Gasteiger partial charge is 0.493 e. The lowest BCUT2D eigenvalue weighted by Gasteiger charge is -2.40. The molecule has 0 spiro atoms. The number of rotatable bonds is 6. The van der Waals surface area contributed by atoms with Gasteiger partial charge in [-0.15, -0.1) is 0 Å². The van der Waals surface area contributed by atoms with Crippen molar-refractivity contribution >= 4 is 33.3 Å². The number of pyridine rings is 1. The smallest absolute Gasteiger partial charge is 0.261 e. The molecule has 2 atom stereocenters. The first kappa shape index (κ1) is 24.8. The number of methoxy groups -OCH3 is 2. The SMILES string of the molecule is COc1cc2[nH]c(=O)c(-c3nc4cc(N5C[C@@H](CN(C)C)OC[C@@H]5C)c(F)cc4[nH]3)c(N)c2cc1OC. The Morgan fingerprint density at radius 3 is 2.59 bits per heavy atom. The molecule has 2 aromatic carbocycles. The number of imidazole rings is 1. The number of aromatic nitrogens is 3. The van der Waals surface area contributed by atoms with Gasteiger partial charge in [0.25, 0.3) is 5.56 Å². The number of nitrogens with one attached hydrogen (secondary N) is 2. The number of aromatic amines is 2. The van der Waals surface area contributed by atoms with Gasteiger partial charge in [-0.3, -0.25) is 4.79 Å². The molecule has 196 valence electrons. The van der Waals surface area contributed by atoms with Crippen molar-refractivity contribution in [1.29, 1.82) is 0 Å². The van der Waals surface area contributed by atoms with Gasteiger partial charge in [0.15, 0.2) is 11.5 Å². The number of ether oxygens (including phenoxy) is 3. The van der Waals surface area contributed by atoms with E-state index in [9.17, 15) is 4.79 Å². The predicted molar refractivity (Wildman–Crippen MR) is 142 cm³/mol. The van der Waals surface area contributed by atoms with E-state index in [0.717, 1.165) is 6.54 Å². The third-order valence-electron chi connectivity index (χ3n) is 6.73. The van der Waals surface area contributed by atoms with Gasteiger partial charge in [0.1, 0.15) is 17.2 Å². The van der Waals surface area contributed by atoms with Crippen molar-refractivity contribution in [2.45, 2.75) is 19.1 Å². The van der Waals surface area contributed by atoms with Gasteiger partial charge < -0.3 is 39.7 Å². The van der Waals surface area contributed by atoms with E-state index in [1.807, 2.05) is 25.9 Å². The second-order valence-electron chi connectivity index (χ2n) is 9.62. The van der Waals surface area contributed by atoms with Gasteiger partial charge in [0.05, 0.1) is 54.9 Å². The minimum atomic E-state index is -0.426. The summed E-state index contributed by atoms with van der Waals surface area (Å²) in [6.45, 7) is 3.80. The quantitative estimate of drug-likeness (QED) is 0.362. The first-order chi connectivity index (χ1) is 17.7. The summed E-state index contributed by atoms with van der Waals surface area (Å²) in [6, 6.07) is 6.47. The summed E-state index contributed by atoms with van der Waals surface area (Å²) in [4.78, 5) is 27.7. The van der Waals surface area contributed by atoms with E-state index in [1.54, 1.807) is 18.2 Å². The number of H-pyrrole nitrogens is 2. The number of hydrogen-bond acceptors (Lipinski definition) is 8. The van der Waals surface area contributed by atoms with Gasteiger partial charge in [-0.2, -0.15) is 0 Å². The van der Waals surface area contributed by atoms with Crippen molar-refractivity contribution in [3.05, 3.63) is 40.4 Å². The van der Waals surface area contributed by atoms with Crippen molar-refractivity contribution < 1.29 is 18.6 Å². The minimum Gasteiger partial charge on any atom is -0.493 e. The summed E-state index contributed by atoms with van der Waals surface area (Å²) in [5, 5.41) is 0.577. The Kier molecular flexibility index (Phi) is 6.42. The molecule has 4 N–H and O–H groups in total. The molecule has 11 heteroatoms. The van der Waals surface area contributed by atoms with E-state index in [4.69, 9.17) is 19.9 Å². The van der Waals surface area contributed by atoms with Crippen molar-refractivity contribution in [2.75, 3.05) is 58.6 Å². The Labute approximate surface area is 213 Å². The average molecular weight is 511 g/mol. The normalized spacial score (nSPS) is 18.2. The Balaban J connectivity index is 1.58. The van der Waals surface area contributed by atoms with Gasteiger partial charge in [-0.1, -0.05) is 0 Å². The molecular formula is C26H31FN6O4. The molecule has 0 saturated carbocycles. The van der Waals surface area contributed by atoms with E-state index in [-0.39, 0.29) is 35.0 Å². The zero-order valence-electron chi connectivity index (χ0n) is 21.5. The molecule has 0 unspecified atom stereocenters. The van der Waals surface area contributed by atoms with Crippen molar-refractivity contribution in [3.63, 3.8) is 0 Å². The van der Waals surface area contributed by atoms with Crippen LogP contribution in [0.2, 0.25) is 0 Å². The molecule has 0 radical (unpaired) electrons. The van der Waals surface area contributed by atoms with Crippen LogP contribution < -0.4 is 25.7 Å². The van der Waals surface area contributed by atoms with Gasteiger partial charge in [-0.05, 0) is 33.2 Å². The highest BCUT2D eigenvalue weighted by Crippen LogP contribution is 2.36. The number of morpholine rings is 1. The summed E-state index contributed by atoms with van der Waals surface area (Å²) < 4.78 is 32.0. The Bertz CT molecular complexity index is 1530. The van der Waals surface area contributed by atoms with Crippen molar-refractivity contribution in [3.8, 4) is 22.9 Å². The van der Waals surface area contributed by atoms with Crippen LogP contribution >= 0.6 is 0 Å². The average Bonchev–Trinajstić information content (AvgIpc) is 3.25. The first-order valence-electron chi connectivity index (χ1n) is 12.0. The third kappa shape index (κ3) is 4.44. The summed E-state index contributed by atoms with van der Waals surface area (Å²) in [7, 11) is 7.00. The van der Waals surface area contributed by atoms with Crippen LogP contribution in [0, 0.1) is 5.82 Å². The number of nitrogen functional groups attached to an aromatic ring is 1. The van der Waals surface area contributed by atoms with Crippen molar-refractivity contribution in [1.82, 2.24) is 19.9 Å². The number of fused-ring (bicyclic) bond motifs is 2. The number of anilines is 2. The molecule has 37 heavy (non-hydrogen) atoms. The maximum atomic E-state index is 15.3. The molecule has 3 heterocycles. The third-order valence-corrected chi connectivity index (χ3v) is 6.73. The molecule has 2 aromatic heterocycles. The number of nitrogens with two attached hydrogens (primary N) is 1. The summed E-state index contributed by atoms with van der Waals surface area (Å²) >= 11 is 0. The molecule has 4 aromatic rings. The van der Waals surface area contributed by atoms with Gasteiger partial charge in [-0.25, -0.2) is 9.37 Å². The van der Waals surface area contributed by atoms with Gasteiger partial charge in [0, 0.05) is 36.7 Å². The van der Waals surface area contributed by atoms with E-state index in [0.29, 0.717) is 52.3 Å². The number of hydrogen-bond donors (Lipinski definition) is 3. The number of nitrogens with zero attached hydrogens (tertiary/aromatic N) is 3. The lowest BCUT2D eigenvalue weighted by molar-refractivity contribution is 0.00859. The molecule has 5 rings (SSSR count). The number of halogens is 1. The highest BCUT2D eigenvalue weighted by Gasteiger charge is 2.29. The van der Waals surface area contributed by atoms with E-state index >= 15 is 4.39 Å². The predicted octanol–water partition coefficient (Wildman–Crippen LogP) is 2.97. The number of likely N-dealkylation sites (N-methyl/N-ethyl adjacent to an activating group) is 1. The number of benzene rings is 2. The zero-order valence-corrected chi connectivity index (χ0v) is 21.5.